The average Bonchev–Trinajstić information content (AvgIpc) is 2.84. The van der Waals surface area contributed by atoms with Gasteiger partial charge in [-0.2, -0.15) is 4.31 Å². The second kappa shape index (κ2) is 9.92. The Hall–Kier alpha value is -2.58. The van der Waals surface area contributed by atoms with Gasteiger partial charge in [0.15, 0.2) is 6.61 Å². The Kier molecular flexibility index (Phi) is 7.01. The summed E-state index contributed by atoms with van der Waals surface area (Å²) in [6.45, 7) is 5.80. The molecule has 0 aromatic heterocycles. The number of nitrogens with zero attached hydrogens (tertiary/aromatic N) is 3. The molecule has 2 aliphatic rings. The zero-order valence-corrected chi connectivity index (χ0v) is 19.4. The molecule has 1 amide bonds. The van der Waals surface area contributed by atoms with Crippen molar-refractivity contribution in [1.82, 2.24) is 9.21 Å². The molecule has 2 fully saturated rings. The van der Waals surface area contributed by atoms with Crippen molar-refractivity contribution in [2.24, 2.45) is 0 Å². The lowest BCUT2D eigenvalue weighted by molar-refractivity contribution is -0.133. The number of carbonyl (C=O) groups is 1. The quantitative estimate of drug-likeness (QED) is 0.667. The van der Waals surface area contributed by atoms with Crippen LogP contribution in [-0.4, -0.2) is 69.4 Å². The third-order valence-electron chi connectivity index (χ3n) is 6.20. The van der Waals surface area contributed by atoms with Crippen molar-refractivity contribution in [2.45, 2.75) is 31.1 Å². The van der Waals surface area contributed by atoms with Gasteiger partial charge in [0, 0.05) is 45.0 Å². The molecule has 0 spiro atoms. The Balaban J connectivity index is 1.31. The maximum Gasteiger partial charge on any atom is 0.260 e. The topological polar surface area (TPSA) is 70.2 Å². The minimum Gasteiger partial charge on any atom is -0.483 e. The second-order valence-electron chi connectivity index (χ2n) is 8.38. The molecule has 172 valence electrons. The Labute approximate surface area is 190 Å². The number of amides is 1. The first-order chi connectivity index (χ1) is 15.4. The highest BCUT2D eigenvalue weighted by molar-refractivity contribution is 7.89. The Morgan fingerprint density at radius 2 is 1.59 bits per heavy atom. The summed E-state index contributed by atoms with van der Waals surface area (Å²) in [4.78, 5) is 17.0. The third-order valence-corrected chi connectivity index (χ3v) is 8.10. The van der Waals surface area contributed by atoms with Gasteiger partial charge in [0.05, 0.1) is 4.90 Å². The number of rotatable bonds is 6. The van der Waals surface area contributed by atoms with Crippen molar-refractivity contribution >= 4 is 21.6 Å². The van der Waals surface area contributed by atoms with Crippen LogP contribution in [0.2, 0.25) is 0 Å². The maximum absolute atomic E-state index is 12.9. The Morgan fingerprint density at radius 1 is 0.906 bits per heavy atom. The molecule has 0 radical (unpaired) electrons. The molecule has 2 aliphatic heterocycles. The standard InChI is InChI=1S/C24H31N3O4S/c1-20-18-22(32(29,30)27-12-6-3-7-13-27)10-11-23(20)31-19-24(28)26-16-14-25(15-17-26)21-8-4-2-5-9-21/h2,4-5,8-11,18H,3,6-7,12-17,19H2,1H3. The number of aryl methyl sites for hydroxylation is 1. The van der Waals surface area contributed by atoms with Crippen molar-refractivity contribution < 1.29 is 17.9 Å². The van der Waals surface area contributed by atoms with E-state index in [2.05, 4.69) is 17.0 Å². The van der Waals surface area contributed by atoms with Gasteiger partial charge in [0.1, 0.15) is 5.75 Å². The number of carbonyl (C=O) groups excluding carboxylic acids is 1. The molecule has 0 bridgehead atoms. The summed E-state index contributed by atoms with van der Waals surface area (Å²) >= 11 is 0. The summed E-state index contributed by atoms with van der Waals surface area (Å²) in [5.41, 5.74) is 1.89. The fourth-order valence-corrected chi connectivity index (χ4v) is 5.89. The lowest BCUT2D eigenvalue weighted by Gasteiger charge is -2.36. The van der Waals surface area contributed by atoms with Gasteiger partial charge in [-0.25, -0.2) is 8.42 Å². The van der Waals surface area contributed by atoms with Crippen LogP contribution < -0.4 is 9.64 Å². The number of piperidine rings is 1. The van der Waals surface area contributed by atoms with Crippen molar-refractivity contribution in [2.75, 3.05) is 50.8 Å². The van der Waals surface area contributed by atoms with E-state index in [1.165, 1.54) is 5.69 Å². The molecule has 2 heterocycles. The van der Waals surface area contributed by atoms with Gasteiger partial charge in [-0.05, 0) is 55.7 Å². The van der Waals surface area contributed by atoms with E-state index >= 15 is 0 Å². The zero-order valence-electron chi connectivity index (χ0n) is 18.6. The lowest BCUT2D eigenvalue weighted by Crippen LogP contribution is -2.50. The van der Waals surface area contributed by atoms with E-state index in [4.69, 9.17) is 4.74 Å². The van der Waals surface area contributed by atoms with Crippen molar-refractivity contribution in [3.63, 3.8) is 0 Å². The summed E-state index contributed by atoms with van der Waals surface area (Å²) in [6, 6.07) is 15.1. The molecule has 0 N–H and O–H groups in total. The van der Waals surface area contributed by atoms with E-state index in [0.29, 0.717) is 37.5 Å². The number of hydrogen-bond acceptors (Lipinski definition) is 5. The molecular weight excluding hydrogens is 426 g/mol. The van der Waals surface area contributed by atoms with Crippen molar-refractivity contribution in [3.8, 4) is 5.75 Å². The Morgan fingerprint density at radius 3 is 2.25 bits per heavy atom. The molecule has 2 saturated heterocycles. The van der Waals surface area contributed by atoms with Gasteiger partial charge in [-0.3, -0.25) is 4.79 Å². The second-order valence-corrected chi connectivity index (χ2v) is 10.3. The molecule has 0 atom stereocenters. The van der Waals surface area contributed by atoms with E-state index in [1.807, 2.05) is 30.0 Å². The molecule has 8 heteroatoms. The van der Waals surface area contributed by atoms with Crippen LogP contribution in [0.3, 0.4) is 0 Å². The smallest absolute Gasteiger partial charge is 0.260 e. The lowest BCUT2D eigenvalue weighted by atomic mass is 10.2. The van der Waals surface area contributed by atoms with Crippen LogP contribution in [0, 0.1) is 6.92 Å². The normalized spacial score (nSPS) is 17.9. The number of ether oxygens (including phenoxy) is 1. The van der Waals surface area contributed by atoms with Crippen LogP contribution in [-0.2, 0) is 14.8 Å². The van der Waals surface area contributed by atoms with Gasteiger partial charge in [0.2, 0.25) is 10.0 Å². The minimum atomic E-state index is -3.48. The van der Waals surface area contributed by atoms with Gasteiger partial charge >= 0.3 is 0 Å². The molecular formula is C24H31N3O4S. The van der Waals surface area contributed by atoms with Crippen molar-refractivity contribution in [3.05, 3.63) is 54.1 Å². The molecule has 7 nitrogen and oxygen atoms in total. The van der Waals surface area contributed by atoms with Gasteiger partial charge < -0.3 is 14.5 Å². The summed E-state index contributed by atoms with van der Waals surface area (Å²) in [5, 5.41) is 0. The molecule has 0 aliphatic carbocycles. The number of anilines is 1. The monoisotopic (exact) mass is 457 g/mol. The number of sulfonamides is 1. The highest BCUT2D eigenvalue weighted by Crippen LogP contribution is 2.26. The fourth-order valence-electron chi connectivity index (χ4n) is 4.28. The number of piperazine rings is 1. The first-order valence-corrected chi connectivity index (χ1v) is 12.7. The SMILES string of the molecule is Cc1cc(S(=O)(=O)N2CCCCC2)ccc1OCC(=O)N1CCN(c2ccccc2)CC1. The van der Waals surface area contributed by atoms with Crippen LogP contribution in [0.15, 0.2) is 53.4 Å². The summed E-state index contributed by atoms with van der Waals surface area (Å²) in [6.07, 6.45) is 2.88. The number of para-hydroxylation sites is 1. The highest BCUT2D eigenvalue weighted by atomic mass is 32.2. The summed E-state index contributed by atoms with van der Waals surface area (Å²) in [5.74, 6) is 0.487. The van der Waals surface area contributed by atoms with E-state index in [1.54, 1.807) is 22.5 Å². The minimum absolute atomic E-state index is 0.0512. The van der Waals surface area contributed by atoms with Crippen molar-refractivity contribution in [1.29, 1.82) is 0 Å². The Bertz CT molecular complexity index is 1030. The molecule has 0 saturated carbocycles. The van der Waals surface area contributed by atoms with Gasteiger partial charge in [-0.1, -0.05) is 24.6 Å². The molecule has 32 heavy (non-hydrogen) atoms. The third kappa shape index (κ3) is 5.07. The van der Waals surface area contributed by atoms with E-state index in [0.717, 1.165) is 32.4 Å². The summed E-state index contributed by atoms with van der Waals surface area (Å²) in [7, 11) is -3.48. The van der Waals surface area contributed by atoms with Gasteiger partial charge in [-0.15, -0.1) is 0 Å². The van der Waals surface area contributed by atoms with Crippen LogP contribution in [0.4, 0.5) is 5.69 Å². The predicted molar refractivity (Wildman–Crippen MR) is 125 cm³/mol. The molecule has 2 aromatic rings. The average molecular weight is 458 g/mol. The molecule has 0 unspecified atom stereocenters. The largest absolute Gasteiger partial charge is 0.483 e. The van der Waals surface area contributed by atoms with Crippen LogP contribution >= 0.6 is 0 Å². The van der Waals surface area contributed by atoms with E-state index < -0.39 is 10.0 Å². The predicted octanol–water partition coefficient (Wildman–Crippen LogP) is 2.90. The van der Waals surface area contributed by atoms with Crippen LogP contribution in [0.25, 0.3) is 0 Å². The van der Waals surface area contributed by atoms with E-state index in [-0.39, 0.29) is 17.4 Å². The van der Waals surface area contributed by atoms with Crippen LogP contribution in [0.1, 0.15) is 24.8 Å². The van der Waals surface area contributed by atoms with Gasteiger partial charge in [0.25, 0.3) is 5.91 Å². The zero-order chi connectivity index (χ0) is 22.6. The first kappa shape index (κ1) is 22.6. The van der Waals surface area contributed by atoms with Crippen LogP contribution in [0.5, 0.6) is 5.75 Å². The summed E-state index contributed by atoms with van der Waals surface area (Å²) < 4.78 is 33.1. The maximum atomic E-state index is 12.9. The molecule has 2 aromatic carbocycles. The molecule has 4 rings (SSSR count). The number of hydrogen-bond donors (Lipinski definition) is 0. The fraction of sp³-hybridized carbons (Fsp3) is 0.458. The van der Waals surface area contributed by atoms with E-state index in [9.17, 15) is 13.2 Å². The highest BCUT2D eigenvalue weighted by Gasteiger charge is 2.26. The number of benzene rings is 2. The first-order valence-electron chi connectivity index (χ1n) is 11.3.